The van der Waals surface area contributed by atoms with Gasteiger partial charge in [-0.25, -0.2) is 0 Å². The minimum absolute atomic E-state index is 0. The van der Waals surface area contributed by atoms with Crippen molar-refractivity contribution in [2.45, 2.75) is 25.8 Å². The molecule has 1 aliphatic heterocycles. The molecule has 78 valence electrons. The molecule has 0 spiro atoms. The summed E-state index contributed by atoms with van der Waals surface area (Å²) in [5.41, 5.74) is 2.48. The van der Waals surface area contributed by atoms with E-state index < -0.39 is 0 Å². The number of halogens is 2. The Morgan fingerprint density at radius 2 is 2.21 bits per heavy atom. The van der Waals surface area contributed by atoms with Crippen molar-refractivity contribution in [3.05, 3.63) is 34.3 Å². The van der Waals surface area contributed by atoms with Gasteiger partial charge >= 0.3 is 0 Å². The van der Waals surface area contributed by atoms with E-state index >= 15 is 0 Å². The zero-order valence-corrected chi connectivity index (χ0v) is 9.79. The van der Waals surface area contributed by atoms with E-state index in [0.717, 1.165) is 17.1 Å². The van der Waals surface area contributed by atoms with E-state index in [9.17, 15) is 0 Å². The molecule has 3 heteroatoms. The third kappa shape index (κ3) is 2.41. The van der Waals surface area contributed by atoms with Gasteiger partial charge in [0.15, 0.2) is 0 Å². The maximum atomic E-state index is 6.06. The molecular formula is C11H15Cl2N. The van der Waals surface area contributed by atoms with Crippen molar-refractivity contribution in [2.24, 2.45) is 0 Å². The van der Waals surface area contributed by atoms with E-state index in [-0.39, 0.29) is 12.4 Å². The third-order valence-electron chi connectivity index (χ3n) is 2.66. The average Bonchev–Trinajstić information content (AvgIpc) is 2.62. The van der Waals surface area contributed by atoms with E-state index in [1.807, 2.05) is 6.92 Å². The van der Waals surface area contributed by atoms with Gasteiger partial charge in [0.2, 0.25) is 0 Å². The average molecular weight is 232 g/mol. The molecule has 0 amide bonds. The standard InChI is InChI=1S/C11H14ClN.ClH/c1-8-4-5-9(7-10(8)12)11-3-2-6-13-11;/h4-5,7,11,13H,2-3,6H2,1H3;1H/t11-;/m1./s1. The second-order valence-electron chi connectivity index (χ2n) is 3.66. The van der Waals surface area contributed by atoms with Gasteiger partial charge in [-0.05, 0) is 43.5 Å². The summed E-state index contributed by atoms with van der Waals surface area (Å²) >= 11 is 6.06. The fourth-order valence-electron chi connectivity index (χ4n) is 1.79. The molecule has 1 aliphatic rings. The Kier molecular flexibility index (Phi) is 4.24. The second kappa shape index (κ2) is 5.01. The first kappa shape index (κ1) is 11.8. The zero-order valence-electron chi connectivity index (χ0n) is 8.22. The maximum Gasteiger partial charge on any atom is 0.0438 e. The van der Waals surface area contributed by atoms with Crippen LogP contribution >= 0.6 is 24.0 Å². The first-order chi connectivity index (χ1) is 6.27. The lowest BCUT2D eigenvalue weighted by molar-refractivity contribution is 0.647. The van der Waals surface area contributed by atoms with Crippen LogP contribution in [0.15, 0.2) is 18.2 Å². The van der Waals surface area contributed by atoms with Crippen LogP contribution in [0.2, 0.25) is 5.02 Å². The molecule has 0 bridgehead atoms. The van der Waals surface area contributed by atoms with Crippen LogP contribution in [0.25, 0.3) is 0 Å². The quantitative estimate of drug-likeness (QED) is 0.781. The molecule has 0 aromatic heterocycles. The molecule has 0 aliphatic carbocycles. The highest BCUT2D eigenvalue weighted by molar-refractivity contribution is 6.31. The maximum absolute atomic E-state index is 6.06. The molecule has 1 saturated heterocycles. The smallest absolute Gasteiger partial charge is 0.0438 e. The topological polar surface area (TPSA) is 12.0 Å². The van der Waals surface area contributed by atoms with Gasteiger partial charge < -0.3 is 5.32 Å². The highest BCUT2D eigenvalue weighted by Crippen LogP contribution is 2.26. The van der Waals surface area contributed by atoms with Gasteiger partial charge in [-0.1, -0.05) is 23.7 Å². The number of hydrogen-bond donors (Lipinski definition) is 1. The molecule has 1 aromatic rings. The second-order valence-corrected chi connectivity index (χ2v) is 4.06. The van der Waals surface area contributed by atoms with Crippen LogP contribution in [0.5, 0.6) is 0 Å². The van der Waals surface area contributed by atoms with Crippen molar-refractivity contribution in [3.8, 4) is 0 Å². The fourth-order valence-corrected chi connectivity index (χ4v) is 1.98. The lowest BCUT2D eigenvalue weighted by atomic mass is 10.0. The van der Waals surface area contributed by atoms with Crippen LogP contribution in [0.3, 0.4) is 0 Å². The molecule has 1 nitrogen and oxygen atoms in total. The third-order valence-corrected chi connectivity index (χ3v) is 3.07. The SMILES string of the molecule is Cc1ccc([C@H]2CCCN2)cc1Cl.Cl. The summed E-state index contributed by atoms with van der Waals surface area (Å²) in [6, 6.07) is 6.87. The Balaban J connectivity index is 0.000000980. The minimum atomic E-state index is 0. The van der Waals surface area contributed by atoms with Gasteiger partial charge in [-0.15, -0.1) is 12.4 Å². The van der Waals surface area contributed by atoms with E-state index in [0.29, 0.717) is 6.04 Å². The molecule has 1 atom stereocenters. The number of benzene rings is 1. The summed E-state index contributed by atoms with van der Waals surface area (Å²) in [6.45, 7) is 3.17. The molecule has 14 heavy (non-hydrogen) atoms. The van der Waals surface area contributed by atoms with Gasteiger partial charge in [0.1, 0.15) is 0 Å². The normalized spacial score (nSPS) is 20.6. The van der Waals surface area contributed by atoms with Gasteiger partial charge in [0.25, 0.3) is 0 Å². The molecule has 0 unspecified atom stereocenters. The monoisotopic (exact) mass is 231 g/mol. The van der Waals surface area contributed by atoms with Crippen LogP contribution in [-0.2, 0) is 0 Å². The molecule has 1 fully saturated rings. The van der Waals surface area contributed by atoms with Gasteiger partial charge in [0, 0.05) is 11.1 Å². The summed E-state index contributed by atoms with van der Waals surface area (Å²) in [7, 11) is 0. The van der Waals surface area contributed by atoms with E-state index in [4.69, 9.17) is 11.6 Å². The first-order valence-electron chi connectivity index (χ1n) is 4.77. The number of aryl methyl sites for hydroxylation is 1. The van der Waals surface area contributed by atoms with E-state index in [1.165, 1.54) is 18.4 Å². The van der Waals surface area contributed by atoms with E-state index in [1.54, 1.807) is 0 Å². The van der Waals surface area contributed by atoms with E-state index in [2.05, 4.69) is 23.5 Å². The Morgan fingerprint density at radius 1 is 1.43 bits per heavy atom. The Bertz CT molecular complexity index is 306. The molecule has 1 heterocycles. The number of hydrogen-bond acceptors (Lipinski definition) is 1. The highest BCUT2D eigenvalue weighted by atomic mass is 35.5. The van der Waals surface area contributed by atoms with Crippen LogP contribution < -0.4 is 5.32 Å². The van der Waals surface area contributed by atoms with Crippen molar-refractivity contribution in [2.75, 3.05) is 6.54 Å². The number of rotatable bonds is 1. The largest absolute Gasteiger partial charge is 0.310 e. The van der Waals surface area contributed by atoms with Crippen molar-refractivity contribution in [3.63, 3.8) is 0 Å². The van der Waals surface area contributed by atoms with Crippen molar-refractivity contribution in [1.82, 2.24) is 5.32 Å². The first-order valence-corrected chi connectivity index (χ1v) is 5.14. The van der Waals surface area contributed by atoms with Gasteiger partial charge in [0.05, 0.1) is 0 Å². The van der Waals surface area contributed by atoms with Crippen LogP contribution in [0.1, 0.15) is 30.0 Å². The van der Waals surface area contributed by atoms with Crippen LogP contribution in [-0.4, -0.2) is 6.54 Å². The summed E-state index contributed by atoms with van der Waals surface area (Å²) < 4.78 is 0. The summed E-state index contributed by atoms with van der Waals surface area (Å²) in [6.07, 6.45) is 2.51. The lowest BCUT2D eigenvalue weighted by Crippen LogP contribution is -2.12. The van der Waals surface area contributed by atoms with Gasteiger partial charge in [-0.3, -0.25) is 0 Å². The lowest BCUT2D eigenvalue weighted by Gasteiger charge is -2.11. The summed E-state index contributed by atoms with van der Waals surface area (Å²) in [4.78, 5) is 0. The summed E-state index contributed by atoms with van der Waals surface area (Å²) in [5, 5.41) is 4.34. The molecule has 2 rings (SSSR count). The Morgan fingerprint density at radius 3 is 2.79 bits per heavy atom. The molecule has 1 N–H and O–H groups in total. The minimum Gasteiger partial charge on any atom is -0.310 e. The van der Waals surface area contributed by atoms with Crippen molar-refractivity contribution in [1.29, 1.82) is 0 Å². The van der Waals surface area contributed by atoms with Crippen LogP contribution in [0.4, 0.5) is 0 Å². The Hall–Kier alpha value is -0.240. The predicted octanol–water partition coefficient (Wildman–Crippen LogP) is 3.49. The molecule has 0 radical (unpaired) electrons. The summed E-state index contributed by atoms with van der Waals surface area (Å²) in [5.74, 6) is 0. The molecular weight excluding hydrogens is 217 g/mol. The highest BCUT2D eigenvalue weighted by Gasteiger charge is 2.16. The zero-order chi connectivity index (χ0) is 9.26. The fraction of sp³-hybridized carbons (Fsp3) is 0.455. The van der Waals surface area contributed by atoms with Gasteiger partial charge in [-0.2, -0.15) is 0 Å². The van der Waals surface area contributed by atoms with Crippen molar-refractivity contribution < 1.29 is 0 Å². The molecule has 1 aromatic carbocycles. The van der Waals surface area contributed by atoms with Crippen molar-refractivity contribution >= 4 is 24.0 Å². The predicted molar refractivity (Wildman–Crippen MR) is 63.4 cm³/mol. The Labute approximate surface area is 96.3 Å². The molecule has 0 saturated carbocycles. The number of nitrogens with one attached hydrogen (secondary N) is 1. The van der Waals surface area contributed by atoms with Crippen LogP contribution in [0, 0.1) is 6.92 Å².